The second-order valence-electron chi connectivity index (χ2n) is 4.33. The van der Waals surface area contributed by atoms with Crippen LogP contribution in [0.5, 0.6) is 5.75 Å². The van der Waals surface area contributed by atoms with Gasteiger partial charge >= 0.3 is 0 Å². The Morgan fingerprint density at radius 2 is 2.11 bits per heavy atom. The van der Waals surface area contributed by atoms with Crippen LogP contribution in [-0.2, 0) is 11.3 Å². The maximum absolute atomic E-state index is 11.7. The Kier molecular flexibility index (Phi) is 6.67. The first-order chi connectivity index (χ1) is 9.10. The van der Waals surface area contributed by atoms with Gasteiger partial charge < -0.3 is 15.8 Å². The molecule has 0 saturated heterocycles. The van der Waals surface area contributed by atoms with E-state index in [1.165, 1.54) is 0 Å². The summed E-state index contributed by atoms with van der Waals surface area (Å²) in [5.74, 6) is 0.436. The second kappa shape index (κ2) is 8.02. The fourth-order valence-electron chi connectivity index (χ4n) is 1.74. The first kappa shape index (κ1) is 15.8. The summed E-state index contributed by atoms with van der Waals surface area (Å²) in [7, 11) is 0. The van der Waals surface area contributed by atoms with Crippen molar-refractivity contribution < 1.29 is 9.53 Å². The highest BCUT2D eigenvalue weighted by molar-refractivity contribution is 6.30. The Labute approximate surface area is 119 Å². The minimum atomic E-state index is -0.128. The molecular weight excluding hydrogens is 264 g/mol. The Morgan fingerprint density at radius 3 is 2.68 bits per heavy atom. The highest BCUT2D eigenvalue weighted by atomic mass is 35.5. The molecule has 0 radical (unpaired) electrons. The van der Waals surface area contributed by atoms with Crippen LogP contribution in [-0.4, -0.2) is 18.6 Å². The van der Waals surface area contributed by atoms with Gasteiger partial charge in [0.15, 0.2) is 6.61 Å². The Balaban J connectivity index is 2.56. The number of benzene rings is 1. The van der Waals surface area contributed by atoms with E-state index in [9.17, 15) is 4.79 Å². The van der Waals surface area contributed by atoms with Crippen LogP contribution in [0, 0.1) is 0 Å². The van der Waals surface area contributed by atoms with Crippen molar-refractivity contribution in [2.75, 3.05) is 6.61 Å². The normalized spacial score (nSPS) is 10.6. The van der Waals surface area contributed by atoms with E-state index in [1.54, 1.807) is 18.2 Å². The molecule has 5 heteroatoms. The molecule has 106 valence electrons. The van der Waals surface area contributed by atoms with Crippen LogP contribution >= 0.6 is 11.6 Å². The van der Waals surface area contributed by atoms with Gasteiger partial charge in [0, 0.05) is 23.2 Å². The molecule has 19 heavy (non-hydrogen) atoms. The number of rotatable bonds is 7. The van der Waals surface area contributed by atoms with Gasteiger partial charge in [0.05, 0.1) is 0 Å². The first-order valence-electron chi connectivity index (χ1n) is 6.51. The molecule has 0 bridgehead atoms. The molecule has 0 saturated carbocycles. The molecule has 0 aromatic heterocycles. The minimum absolute atomic E-state index is 0.0240. The lowest BCUT2D eigenvalue weighted by Gasteiger charge is -2.16. The minimum Gasteiger partial charge on any atom is -0.483 e. The van der Waals surface area contributed by atoms with Crippen LogP contribution < -0.4 is 15.8 Å². The highest BCUT2D eigenvalue weighted by Gasteiger charge is 2.10. The largest absolute Gasteiger partial charge is 0.483 e. The molecule has 1 aromatic rings. The van der Waals surface area contributed by atoms with Crippen LogP contribution in [0.3, 0.4) is 0 Å². The van der Waals surface area contributed by atoms with Crippen molar-refractivity contribution in [1.29, 1.82) is 0 Å². The van der Waals surface area contributed by atoms with Gasteiger partial charge in [-0.25, -0.2) is 0 Å². The molecule has 0 spiro atoms. The maximum atomic E-state index is 11.7. The van der Waals surface area contributed by atoms with E-state index in [4.69, 9.17) is 22.1 Å². The number of nitrogens with one attached hydrogen (secondary N) is 1. The molecule has 1 rings (SSSR count). The highest BCUT2D eigenvalue weighted by Crippen LogP contribution is 2.22. The Bertz CT molecular complexity index is 420. The monoisotopic (exact) mass is 284 g/mol. The van der Waals surface area contributed by atoms with Gasteiger partial charge in [0.25, 0.3) is 5.91 Å². The van der Waals surface area contributed by atoms with E-state index in [0.717, 1.165) is 18.4 Å². The lowest BCUT2D eigenvalue weighted by Crippen LogP contribution is -2.37. The van der Waals surface area contributed by atoms with Crippen molar-refractivity contribution in [3.63, 3.8) is 0 Å². The zero-order valence-electron chi connectivity index (χ0n) is 11.4. The third-order valence-corrected chi connectivity index (χ3v) is 3.19. The number of hydrogen-bond donors (Lipinski definition) is 2. The van der Waals surface area contributed by atoms with Crippen LogP contribution in [0.1, 0.15) is 32.3 Å². The smallest absolute Gasteiger partial charge is 0.258 e. The summed E-state index contributed by atoms with van der Waals surface area (Å²) < 4.78 is 5.48. The standard InChI is InChI=1S/C14H21ClN2O2/c1-3-12(4-2)17-14(18)9-19-13-7-11(15)6-5-10(13)8-16/h5-7,12H,3-4,8-9,16H2,1-2H3,(H,17,18). The number of nitrogens with two attached hydrogens (primary N) is 1. The summed E-state index contributed by atoms with van der Waals surface area (Å²) >= 11 is 5.90. The van der Waals surface area contributed by atoms with E-state index in [0.29, 0.717) is 17.3 Å². The quantitative estimate of drug-likeness (QED) is 0.808. The zero-order chi connectivity index (χ0) is 14.3. The Morgan fingerprint density at radius 1 is 1.42 bits per heavy atom. The number of ether oxygens (including phenoxy) is 1. The topological polar surface area (TPSA) is 64.3 Å². The van der Waals surface area contributed by atoms with Crippen molar-refractivity contribution in [2.24, 2.45) is 5.73 Å². The van der Waals surface area contributed by atoms with Gasteiger partial charge in [-0.2, -0.15) is 0 Å². The fraction of sp³-hybridized carbons (Fsp3) is 0.500. The summed E-state index contributed by atoms with van der Waals surface area (Å²) in [5.41, 5.74) is 6.44. The van der Waals surface area contributed by atoms with Crippen molar-refractivity contribution in [3.05, 3.63) is 28.8 Å². The molecule has 3 N–H and O–H groups in total. The van der Waals surface area contributed by atoms with Crippen LogP contribution in [0.15, 0.2) is 18.2 Å². The molecular formula is C14H21ClN2O2. The van der Waals surface area contributed by atoms with E-state index < -0.39 is 0 Å². The lowest BCUT2D eigenvalue weighted by molar-refractivity contribution is -0.123. The number of carbonyl (C=O) groups excluding carboxylic acids is 1. The van der Waals surface area contributed by atoms with Gasteiger partial charge in [0.1, 0.15) is 5.75 Å². The summed E-state index contributed by atoms with van der Waals surface area (Å²) in [5, 5.41) is 3.47. The molecule has 0 atom stereocenters. The molecule has 4 nitrogen and oxygen atoms in total. The zero-order valence-corrected chi connectivity index (χ0v) is 12.2. The third kappa shape index (κ3) is 5.09. The van der Waals surface area contributed by atoms with Gasteiger partial charge in [-0.15, -0.1) is 0 Å². The molecule has 0 aliphatic rings. The van der Waals surface area contributed by atoms with Gasteiger partial charge in [-0.1, -0.05) is 31.5 Å². The average molecular weight is 285 g/mol. The van der Waals surface area contributed by atoms with Crippen molar-refractivity contribution in [2.45, 2.75) is 39.3 Å². The van der Waals surface area contributed by atoms with E-state index >= 15 is 0 Å². The van der Waals surface area contributed by atoms with Crippen LogP contribution in [0.2, 0.25) is 5.02 Å². The molecule has 0 aliphatic heterocycles. The summed E-state index contributed by atoms with van der Waals surface area (Å²) in [6, 6.07) is 5.43. The van der Waals surface area contributed by atoms with Crippen molar-refractivity contribution in [3.8, 4) is 5.75 Å². The molecule has 1 amide bonds. The number of amides is 1. The van der Waals surface area contributed by atoms with Gasteiger partial charge in [0.2, 0.25) is 0 Å². The van der Waals surface area contributed by atoms with Gasteiger partial charge in [-0.3, -0.25) is 4.79 Å². The lowest BCUT2D eigenvalue weighted by atomic mass is 10.2. The van der Waals surface area contributed by atoms with Crippen LogP contribution in [0.4, 0.5) is 0 Å². The Hall–Kier alpha value is -1.26. The summed E-state index contributed by atoms with van der Waals surface area (Å²) in [4.78, 5) is 11.7. The van der Waals surface area contributed by atoms with Crippen molar-refractivity contribution in [1.82, 2.24) is 5.32 Å². The van der Waals surface area contributed by atoms with E-state index in [-0.39, 0.29) is 18.6 Å². The number of hydrogen-bond acceptors (Lipinski definition) is 3. The number of carbonyl (C=O) groups is 1. The molecule has 1 aromatic carbocycles. The summed E-state index contributed by atoms with van der Waals surface area (Å²) in [6.45, 7) is 4.40. The van der Waals surface area contributed by atoms with Crippen molar-refractivity contribution >= 4 is 17.5 Å². The molecule has 0 aliphatic carbocycles. The fourth-order valence-corrected chi connectivity index (χ4v) is 1.90. The summed E-state index contributed by atoms with van der Waals surface area (Å²) in [6.07, 6.45) is 1.82. The predicted octanol–water partition coefficient (Wildman–Crippen LogP) is 2.48. The van der Waals surface area contributed by atoms with Gasteiger partial charge in [-0.05, 0) is 25.0 Å². The second-order valence-corrected chi connectivity index (χ2v) is 4.76. The molecule has 0 unspecified atom stereocenters. The van der Waals surface area contributed by atoms with E-state index in [1.807, 2.05) is 13.8 Å². The SMILES string of the molecule is CCC(CC)NC(=O)COc1cc(Cl)ccc1CN. The third-order valence-electron chi connectivity index (χ3n) is 2.96. The predicted molar refractivity (Wildman–Crippen MR) is 77.4 cm³/mol. The molecule has 0 fully saturated rings. The molecule has 0 heterocycles. The van der Waals surface area contributed by atoms with E-state index in [2.05, 4.69) is 5.32 Å². The first-order valence-corrected chi connectivity index (χ1v) is 6.89. The maximum Gasteiger partial charge on any atom is 0.258 e. The number of halogens is 1. The van der Waals surface area contributed by atoms with Crippen LogP contribution in [0.25, 0.3) is 0 Å². The average Bonchev–Trinajstić information content (AvgIpc) is 2.42.